The number of Topliss-reactive ketones (excluding diaryl/α,β-unsaturated/α-hetero) is 1. The Morgan fingerprint density at radius 2 is 2.07 bits per heavy atom. The fraction of sp³-hybridized carbons (Fsp3) is 0.333. The molecule has 1 rings (SSSR count). The molecule has 0 saturated carbocycles. The monoisotopic (exact) mass is 276 g/mol. The Morgan fingerprint density at radius 1 is 1.36 bits per heavy atom. The van der Waals surface area contributed by atoms with Crippen LogP contribution >= 0.6 is 27.3 Å². The van der Waals surface area contributed by atoms with Crippen LogP contribution in [-0.2, 0) is 4.79 Å². The predicted molar refractivity (Wildman–Crippen MR) is 57.8 cm³/mol. The third-order valence-electron chi connectivity index (χ3n) is 1.64. The normalized spacial score (nSPS) is 10.1. The van der Waals surface area contributed by atoms with Crippen LogP contribution in [0.5, 0.6) is 0 Å². The first-order valence-corrected chi connectivity index (χ1v) is 5.71. The molecule has 0 fully saturated rings. The van der Waals surface area contributed by atoms with Crippen LogP contribution in [0.2, 0.25) is 0 Å². The van der Waals surface area contributed by atoms with E-state index in [9.17, 15) is 9.59 Å². The zero-order chi connectivity index (χ0) is 10.6. The number of carboxylic acids is 1. The molecule has 0 saturated heterocycles. The summed E-state index contributed by atoms with van der Waals surface area (Å²) in [7, 11) is 0. The Kier molecular flexibility index (Phi) is 4.28. The van der Waals surface area contributed by atoms with Gasteiger partial charge in [0, 0.05) is 12.8 Å². The molecule has 1 N–H and O–H groups in total. The zero-order valence-corrected chi connectivity index (χ0v) is 9.73. The minimum atomic E-state index is -0.856. The summed E-state index contributed by atoms with van der Waals surface area (Å²) in [6.45, 7) is 0. The van der Waals surface area contributed by atoms with E-state index in [2.05, 4.69) is 15.9 Å². The highest BCUT2D eigenvalue weighted by Gasteiger charge is 2.08. The lowest BCUT2D eigenvalue weighted by Gasteiger charge is -1.95. The van der Waals surface area contributed by atoms with Gasteiger partial charge in [-0.2, -0.15) is 0 Å². The van der Waals surface area contributed by atoms with Crippen LogP contribution in [0.15, 0.2) is 15.9 Å². The van der Waals surface area contributed by atoms with E-state index < -0.39 is 5.97 Å². The zero-order valence-electron chi connectivity index (χ0n) is 7.33. The second-order valence-corrected chi connectivity index (χ2v) is 5.24. The van der Waals surface area contributed by atoms with Gasteiger partial charge < -0.3 is 5.11 Å². The minimum Gasteiger partial charge on any atom is -0.481 e. The van der Waals surface area contributed by atoms with Crippen molar-refractivity contribution in [2.75, 3.05) is 0 Å². The summed E-state index contributed by atoms with van der Waals surface area (Å²) < 4.78 is 0.916. The Hall–Kier alpha value is -0.680. The van der Waals surface area contributed by atoms with Gasteiger partial charge in [-0.15, -0.1) is 11.3 Å². The van der Waals surface area contributed by atoms with Crippen LogP contribution in [0.1, 0.15) is 28.9 Å². The molecule has 1 heterocycles. The Morgan fingerprint density at radius 3 is 2.57 bits per heavy atom. The highest BCUT2D eigenvalue weighted by atomic mass is 79.9. The summed E-state index contributed by atoms with van der Waals surface area (Å²) in [6.07, 6.45) is 0.765. The van der Waals surface area contributed by atoms with E-state index in [4.69, 9.17) is 5.11 Å². The largest absolute Gasteiger partial charge is 0.481 e. The van der Waals surface area contributed by atoms with E-state index in [1.807, 2.05) is 6.07 Å². The van der Waals surface area contributed by atoms with Crippen molar-refractivity contribution in [1.82, 2.24) is 0 Å². The van der Waals surface area contributed by atoms with E-state index in [1.165, 1.54) is 11.3 Å². The van der Waals surface area contributed by atoms with Gasteiger partial charge in [0.2, 0.25) is 0 Å². The van der Waals surface area contributed by atoms with Crippen LogP contribution < -0.4 is 0 Å². The Labute approximate surface area is 93.9 Å². The molecule has 1 aromatic rings. The Bertz CT molecular complexity index is 346. The molecular formula is C9H9BrO3S. The summed E-state index contributed by atoms with van der Waals surface area (Å²) in [5.41, 5.74) is 0. The molecule has 76 valence electrons. The van der Waals surface area contributed by atoms with E-state index in [-0.39, 0.29) is 12.2 Å². The van der Waals surface area contributed by atoms with Gasteiger partial charge in [-0.3, -0.25) is 9.59 Å². The molecule has 0 bridgehead atoms. The lowest BCUT2D eigenvalue weighted by molar-refractivity contribution is -0.137. The van der Waals surface area contributed by atoms with Gasteiger partial charge >= 0.3 is 5.97 Å². The number of halogens is 1. The van der Waals surface area contributed by atoms with Crippen molar-refractivity contribution in [1.29, 1.82) is 0 Å². The number of rotatable bonds is 5. The quantitative estimate of drug-likeness (QED) is 0.842. The smallest absolute Gasteiger partial charge is 0.303 e. The van der Waals surface area contributed by atoms with Crippen molar-refractivity contribution in [3.63, 3.8) is 0 Å². The molecule has 3 nitrogen and oxygen atoms in total. The minimum absolute atomic E-state index is 0.0157. The van der Waals surface area contributed by atoms with E-state index in [1.54, 1.807) is 6.07 Å². The SMILES string of the molecule is O=C(O)CCCC(=O)c1ccc(Br)s1. The molecule has 0 spiro atoms. The average molecular weight is 277 g/mol. The van der Waals surface area contributed by atoms with Gasteiger partial charge in [0.25, 0.3) is 0 Å². The van der Waals surface area contributed by atoms with Crippen LogP contribution in [0.3, 0.4) is 0 Å². The third-order valence-corrected chi connectivity index (χ3v) is 3.31. The van der Waals surface area contributed by atoms with E-state index in [0.717, 1.165) is 3.79 Å². The molecular weight excluding hydrogens is 268 g/mol. The van der Waals surface area contributed by atoms with Crippen molar-refractivity contribution >= 4 is 39.0 Å². The topological polar surface area (TPSA) is 54.4 Å². The summed E-state index contributed by atoms with van der Waals surface area (Å²) in [5.74, 6) is -0.841. The maximum Gasteiger partial charge on any atom is 0.303 e. The number of ketones is 1. The highest BCUT2D eigenvalue weighted by Crippen LogP contribution is 2.23. The maximum absolute atomic E-state index is 11.4. The molecule has 0 unspecified atom stereocenters. The van der Waals surface area contributed by atoms with E-state index in [0.29, 0.717) is 17.7 Å². The van der Waals surface area contributed by atoms with Crippen molar-refractivity contribution in [3.05, 3.63) is 20.8 Å². The predicted octanol–water partition coefficient (Wildman–Crippen LogP) is 2.95. The van der Waals surface area contributed by atoms with Gasteiger partial charge in [0.1, 0.15) is 0 Å². The molecule has 0 amide bonds. The standard InChI is InChI=1S/C9H9BrO3S/c10-8-5-4-7(14-8)6(11)2-1-3-9(12)13/h4-5H,1-3H2,(H,12,13). The van der Waals surface area contributed by atoms with Crippen LogP contribution in [0.4, 0.5) is 0 Å². The molecule has 5 heteroatoms. The summed E-state index contributed by atoms with van der Waals surface area (Å²) in [5, 5.41) is 8.38. The summed E-state index contributed by atoms with van der Waals surface area (Å²) >= 11 is 4.64. The first-order chi connectivity index (χ1) is 6.59. The van der Waals surface area contributed by atoms with Crippen LogP contribution in [0, 0.1) is 0 Å². The van der Waals surface area contributed by atoms with Crippen LogP contribution in [0.25, 0.3) is 0 Å². The van der Waals surface area contributed by atoms with Gasteiger partial charge in [0.15, 0.2) is 5.78 Å². The number of hydrogen-bond acceptors (Lipinski definition) is 3. The first kappa shape index (κ1) is 11.4. The summed E-state index contributed by atoms with van der Waals surface area (Å²) in [6, 6.07) is 3.56. The number of thiophene rings is 1. The van der Waals surface area contributed by atoms with Gasteiger partial charge in [0.05, 0.1) is 8.66 Å². The number of aliphatic carboxylic acids is 1. The highest BCUT2D eigenvalue weighted by molar-refractivity contribution is 9.11. The second kappa shape index (κ2) is 5.26. The fourth-order valence-electron chi connectivity index (χ4n) is 0.988. The second-order valence-electron chi connectivity index (χ2n) is 2.77. The van der Waals surface area contributed by atoms with Gasteiger partial charge in [-0.1, -0.05) is 0 Å². The Balaban J connectivity index is 2.39. The molecule has 0 aliphatic carbocycles. The lowest BCUT2D eigenvalue weighted by Crippen LogP contribution is -1.99. The lowest BCUT2D eigenvalue weighted by atomic mass is 10.1. The maximum atomic E-state index is 11.4. The first-order valence-electron chi connectivity index (χ1n) is 4.10. The number of carboxylic acid groups (broad SMARTS) is 1. The van der Waals surface area contributed by atoms with Crippen molar-refractivity contribution in [3.8, 4) is 0 Å². The molecule has 0 atom stereocenters. The van der Waals surface area contributed by atoms with Crippen molar-refractivity contribution in [2.24, 2.45) is 0 Å². The van der Waals surface area contributed by atoms with E-state index >= 15 is 0 Å². The van der Waals surface area contributed by atoms with Crippen molar-refractivity contribution in [2.45, 2.75) is 19.3 Å². The van der Waals surface area contributed by atoms with Gasteiger partial charge in [-0.25, -0.2) is 0 Å². The van der Waals surface area contributed by atoms with Gasteiger partial charge in [-0.05, 0) is 34.5 Å². The number of carbonyl (C=O) groups is 2. The molecule has 1 aromatic heterocycles. The molecule has 0 aromatic carbocycles. The fourth-order valence-corrected chi connectivity index (χ4v) is 2.34. The molecule has 0 aliphatic heterocycles. The third kappa shape index (κ3) is 3.59. The summed E-state index contributed by atoms with van der Waals surface area (Å²) in [4.78, 5) is 22.3. The average Bonchev–Trinajstić information content (AvgIpc) is 2.51. The molecule has 0 aliphatic rings. The molecule has 14 heavy (non-hydrogen) atoms. The number of hydrogen-bond donors (Lipinski definition) is 1. The van der Waals surface area contributed by atoms with Crippen molar-refractivity contribution < 1.29 is 14.7 Å². The van der Waals surface area contributed by atoms with Crippen LogP contribution in [-0.4, -0.2) is 16.9 Å². The number of carbonyl (C=O) groups excluding carboxylic acids is 1. The molecule has 0 radical (unpaired) electrons.